The number of aromatic hydroxyl groups is 1. The molecule has 6 rings (SSSR count). The first kappa shape index (κ1) is 27.8. The summed E-state index contributed by atoms with van der Waals surface area (Å²) < 4.78 is 4.23. The Kier molecular flexibility index (Phi) is 7.01. The minimum absolute atomic E-state index is 0.151. The van der Waals surface area contributed by atoms with Crippen LogP contribution in [0.5, 0.6) is 5.88 Å². The molecule has 11 heteroatoms. The molecule has 220 valence electrons. The van der Waals surface area contributed by atoms with Gasteiger partial charge in [-0.1, -0.05) is 35.9 Å². The highest BCUT2D eigenvalue weighted by Gasteiger charge is 2.22. The van der Waals surface area contributed by atoms with E-state index < -0.39 is 17.1 Å². The average Bonchev–Trinajstić information content (AvgIpc) is 3.21. The fraction of sp³-hybridized carbons (Fsp3) is 0.250. The van der Waals surface area contributed by atoms with Crippen LogP contribution in [0.3, 0.4) is 0 Å². The van der Waals surface area contributed by atoms with Gasteiger partial charge in [0.2, 0.25) is 5.88 Å². The Morgan fingerprint density at radius 1 is 0.814 bits per heavy atom. The van der Waals surface area contributed by atoms with E-state index in [0.717, 1.165) is 45.7 Å². The zero-order valence-corrected chi connectivity index (χ0v) is 24.5. The van der Waals surface area contributed by atoms with Crippen molar-refractivity contribution in [3.05, 3.63) is 109 Å². The molecule has 1 fully saturated rings. The fourth-order valence-electron chi connectivity index (χ4n) is 5.79. The summed E-state index contributed by atoms with van der Waals surface area (Å²) >= 11 is 0. The van der Waals surface area contributed by atoms with Gasteiger partial charge in [-0.3, -0.25) is 23.9 Å². The molecule has 1 aliphatic rings. The summed E-state index contributed by atoms with van der Waals surface area (Å²) in [6.45, 7) is 6.78. The first-order valence-corrected chi connectivity index (χ1v) is 14.1. The minimum atomic E-state index is -0.751. The van der Waals surface area contributed by atoms with E-state index in [1.54, 1.807) is 29.3 Å². The van der Waals surface area contributed by atoms with Gasteiger partial charge in [0.05, 0.1) is 28.1 Å². The Labute approximate surface area is 247 Å². The van der Waals surface area contributed by atoms with Crippen LogP contribution in [0, 0.1) is 13.8 Å². The van der Waals surface area contributed by atoms with Gasteiger partial charge in [-0.05, 0) is 49.7 Å². The van der Waals surface area contributed by atoms with E-state index in [9.17, 15) is 19.5 Å². The van der Waals surface area contributed by atoms with Gasteiger partial charge < -0.3 is 14.9 Å². The number of benzene rings is 3. The fourth-order valence-corrected chi connectivity index (χ4v) is 5.79. The molecule has 5 aromatic rings. The Morgan fingerprint density at radius 3 is 2.14 bits per heavy atom. The lowest BCUT2D eigenvalue weighted by atomic mass is 10.1. The molecule has 43 heavy (non-hydrogen) atoms. The van der Waals surface area contributed by atoms with Gasteiger partial charge in [-0.15, -0.1) is 0 Å². The van der Waals surface area contributed by atoms with Crippen molar-refractivity contribution < 1.29 is 5.11 Å². The van der Waals surface area contributed by atoms with E-state index >= 15 is 0 Å². The number of aliphatic imine (C=N–C) groups is 1. The smallest absolute Gasteiger partial charge is 0.335 e. The molecule has 3 aromatic carbocycles. The Morgan fingerprint density at radius 2 is 1.47 bits per heavy atom. The van der Waals surface area contributed by atoms with Gasteiger partial charge in [-0.25, -0.2) is 14.2 Å². The third-order valence-electron chi connectivity index (χ3n) is 8.16. The molecular weight excluding hydrogens is 546 g/mol. The normalized spacial score (nSPS) is 13.9. The summed E-state index contributed by atoms with van der Waals surface area (Å²) in [5.41, 5.74) is 4.35. The van der Waals surface area contributed by atoms with Crippen molar-refractivity contribution >= 4 is 34.3 Å². The van der Waals surface area contributed by atoms with Crippen molar-refractivity contribution in [2.45, 2.75) is 13.8 Å². The second kappa shape index (κ2) is 10.8. The van der Waals surface area contributed by atoms with E-state index in [1.807, 2.05) is 56.3 Å². The third kappa shape index (κ3) is 4.92. The van der Waals surface area contributed by atoms with Crippen LogP contribution in [0.25, 0.3) is 16.7 Å². The molecule has 2 N–H and O–H groups in total. The molecule has 2 aromatic heterocycles. The van der Waals surface area contributed by atoms with Crippen molar-refractivity contribution in [1.29, 1.82) is 0 Å². The Balaban J connectivity index is 1.43. The zero-order valence-electron chi connectivity index (χ0n) is 24.5. The van der Waals surface area contributed by atoms with Crippen LogP contribution in [0.1, 0.15) is 16.7 Å². The molecular formula is C32H33N7O4. The number of aromatic nitrogens is 4. The van der Waals surface area contributed by atoms with Crippen molar-refractivity contribution in [2.75, 3.05) is 36.0 Å². The maximum atomic E-state index is 12.9. The predicted molar refractivity (Wildman–Crippen MR) is 170 cm³/mol. The lowest BCUT2D eigenvalue weighted by Crippen LogP contribution is -2.46. The second-order valence-corrected chi connectivity index (χ2v) is 10.9. The largest absolute Gasteiger partial charge is 0.493 e. The minimum Gasteiger partial charge on any atom is -0.493 e. The SMILES string of the molecule is Cc1ccc(-n2c(O)c(C=Nc3cc4c(cc3N3CCN(c5ccccc5)CC3)n(C)c(=O)n4C)c(=O)[nH]c2=O)c(C)c1. The van der Waals surface area contributed by atoms with Crippen LogP contribution in [-0.2, 0) is 14.1 Å². The lowest BCUT2D eigenvalue weighted by molar-refractivity contribution is 0.430. The monoisotopic (exact) mass is 579 g/mol. The standard InChI is InChI=1S/C32H33N7O4/c1-20-10-11-25(21(2)16-20)39-30(41)23(29(40)34-31(39)42)19-33-24-17-27-28(36(4)32(43)35(27)3)18-26(24)38-14-12-37(13-15-38)22-8-6-5-7-9-22/h5-11,16-19,41H,12-15H2,1-4H3,(H,34,40,42). The topological polar surface area (TPSA) is 121 Å². The Bertz CT molecular complexity index is 2060. The lowest BCUT2D eigenvalue weighted by Gasteiger charge is -2.37. The van der Waals surface area contributed by atoms with E-state index in [0.29, 0.717) is 30.0 Å². The molecule has 0 radical (unpaired) electrons. The van der Waals surface area contributed by atoms with Gasteiger partial charge in [0.1, 0.15) is 5.56 Å². The number of imidazole rings is 1. The molecule has 0 spiro atoms. The highest BCUT2D eigenvalue weighted by Crippen LogP contribution is 2.34. The van der Waals surface area contributed by atoms with Gasteiger partial charge in [-0.2, -0.15) is 0 Å². The summed E-state index contributed by atoms with van der Waals surface area (Å²) in [6, 6.07) is 19.5. The summed E-state index contributed by atoms with van der Waals surface area (Å²) in [7, 11) is 3.44. The zero-order chi connectivity index (χ0) is 30.4. The molecule has 11 nitrogen and oxygen atoms in total. The quantitative estimate of drug-likeness (QED) is 0.309. The number of aryl methyl sites for hydroxylation is 4. The molecule has 0 unspecified atom stereocenters. The van der Waals surface area contributed by atoms with Gasteiger partial charge in [0.15, 0.2) is 0 Å². The molecule has 0 saturated carbocycles. The second-order valence-electron chi connectivity index (χ2n) is 10.9. The van der Waals surface area contributed by atoms with E-state index in [2.05, 4.69) is 31.9 Å². The van der Waals surface area contributed by atoms with Gasteiger partial charge in [0.25, 0.3) is 5.56 Å². The van der Waals surface area contributed by atoms with Crippen molar-refractivity contribution in [1.82, 2.24) is 18.7 Å². The number of fused-ring (bicyclic) bond motifs is 1. The molecule has 0 bridgehead atoms. The molecule has 0 aliphatic carbocycles. The van der Waals surface area contributed by atoms with Gasteiger partial charge in [0, 0.05) is 52.2 Å². The first-order chi connectivity index (χ1) is 20.6. The number of piperazine rings is 1. The summed E-state index contributed by atoms with van der Waals surface area (Å²) in [6.07, 6.45) is 1.28. The highest BCUT2D eigenvalue weighted by atomic mass is 16.3. The number of rotatable bonds is 5. The van der Waals surface area contributed by atoms with E-state index in [4.69, 9.17) is 0 Å². The van der Waals surface area contributed by atoms with E-state index in [1.165, 1.54) is 6.21 Å². The number of aromatic amines is 1. The Hall–Kier alpha value is -5.32. The first-order valence-electron chi connectivity index (χ1n) is 14.1. The number of hydrogen-bond acceptors (Lipinski definition) is 7. The molecule has 0 amide bonds. The van der Waals surface area contributed by atoms with Gasteiger partial charge >= 0.3 is 11.4 Å². The molecule has 1 saturated heterocycles. The summed E-state index contributed by atoms with van der Waals surface area (Å²) in [5.74, 6) is -0.504. The maximum Gasteiger partial charge on any atom is 0.335 e. The predicted octanol–water partition coefficient (Wildman–Crippen LogP) is 3.12. The maximum absolute atomic E-state index is 12.9. The van der Waals surface area contributed by atoms with Crippen LogP contribution in [0.15, 0.2) is 80.0 Å². The third-order valence-corrected chi connectivity index (χ3v) is 8.16. The van der Waals surface area contributed by atoms with Crippen LogP contribution in [0.4, 0.5) is 17.1 Å². The number of hydrogen-bond donors (Lipinski definition) is 2. The van der Waals surface area contributed by atoms with Crippen molar-refractivity contribution in [3.63, 3.8) is 0 Å². The van der Waals surface area contributed by atoms with Crippen LogP contribution in [-0.4, -0.2) is 56.2 Å². The number of nitrogens with zero attached hydrogens (tertiary/aromatic N) is 6. The van der Waals surface area contributed by atoms with Crippen molar-refractivity contribution in [3.8, 4) is 11.6 Å². The van der Waals surface area contributed by atoms with Crippen molar-refractivity contribution in [2.24, 2.45) is 19.1 Å². The van der Waals surface area contributed by atoms with E-state index in [-0.39, 0.29) is 11.3 Å². The summed E-state index contributed by atoms with van der Waals surface area (Å²) in [4.78, 5) is 50.0. The molecule has 3 heterocycles. The van der Waals surface area contributed by atoms with Crippen LogP contribution in [0.2, 0.25) is 0 Å². The van der Waals surface area contributed by atoms with Crippen LogP contribution < -0.4 is 26.7 Å². The van der Waals surface area contributed by atoms with Crippen LogP contribution >= 0.6 is 0 Å². The summed E-state index contributed by atoms with van der Waals surface area (Å²) in [5, 5.41) is 11.2. The highest BCUT2D eigenvalue weighted by molar-refractivity contribution is 5.92. The number of para-hydroxylation sites is 1. The number of anilines is 2. The molecule has 1 aliphatic heterocycles. The molecule has 0 atom stereocenters. The number of H-pyrrole nitrogens is 1. The average molecular weight is 580 g/mol. The number of nitrogens with one attached hydrogen (secondary N) is 1.